The summed E-state index contributed by atoms with van der Waals surface area (Å²) in [7, 11) is 0. The molecule has 136 valence electrons. The van der Waals surface area contributed by atoms with E-state index in [4.69, 9.17) is 22.1 Å². The Morgan fingerprint density at radius 2 is 1.76 bits per heavy atom. The highest BCUT2D eigenvalue weighted by Gasteiger charge is 2.33. The van der Waals surface area contributed by atoms with Crippen LogP contribution in [-0.2, 0) is 9.53 Å². The fraction of sp³-hybridized carbons (Fsp3) is 0.556. The van der Waals surface area contributed by atoms with E-state index in [1.54, 1.807) is 29.2 Å². The third-order valence-electron chi connectivity index (χ3n) is 4.83. The van der Waals surface area contributed by atoms with Crippen molar-refractivity contribution in [2.24, 2.45) is 5.73 Å². The minimum atomic E-state index is -0.382. The number of halogens is 1. The summed E-state index contributed by atoms with van der Waals surface area (Å²) in [5, 5.41) is 0.608. The molecule has 2 aliphatic rings. The van der Waals surface area contributed by atoms with Crippen LogP contribution >= 0.6 is 11.6 Å². The predicted octanol–water partition coefficient (Wildman–Crippen LogP) is 1.52. The standard InChI is InChI=1S/C18H24ClN3O3/c19-14-4-2-13(3-5-14)17(23)21-8-1-9-22(11-10-21)18(24)16-7-6-15(12-20)25-16/h2-5,15-16H,1,6-12,20H2/t15-,16+/m1/s1. The highest BCUT2D eigenvalue weighted by atomic mass is 35.5. The van der Waals surface area contributed by atoms with Gasteiger partial charge in [0.2, 0.25) is 0 Å². The van der Waals surface area contributed by atoms with Crippen molar-refractivity contribution in [3.05, 3.63) is 34.9 Å². The fourth-order valence-corrected chi connectivity index (χ4v) is 3.51. The molecule has 0 aromatic heterocycles. The zero-order valence-electron chi connectivity index (χ0n) is 14.2. The van der Waals surface area contributed by atoms with Crippen molar-refractivity contribution < 1.29 is 14.3 Å². The van der Waals surface area contributed by atoms with E-state index in [1.807, 2.05) is 4.90 Å². The Morgan fingerprint density at radius 3 is 2.44 bits per heavy atom. The van der Waals surface area contributed by atoms with Gasteiger partial charge in [0.25, 0.3) is 11.8 Å². The van der Waals surface area contributed by atoms with Gasteiger partial charge in [0, 0.05) is 43.3 Å². The zero-order valence-corrected chi connectivity index (χ0v) is 15.0. The van der Waals surface area contributed by atoms with E-state index in [0.717, 1.165) is 19.3 Å². The van der Waals surface area contributed by atoms with Crippen LogP contribution in [0, 0.1) is 0 Å². The molecule has 1 aromatic carbocycles. The maximum absolute atomic E-state index is 12.6. The first-order chi connectivity index (χ1) is 12.1. The van der Waals surface area contributed by atoms with E-state index in [9.17, 15) is 9.59 Å². The Kier molecular flexibility index (Phi) is 5.93. The van der Waals surface area contributed by atoms with Gasteiger partial charge in [-0.3, -0.25) is 9.59 Å². The molecule has 0 radical (unpaired) electrons. The fourth-order valence-electron chi connectivity index (χ4n) is 3.38. The third kappa shape index (κ3) is 4.32. The van der Waals surface area contributed by atoms with Crippen LogP contribution in [0.4, 0.5) is 0 Å². The highest BCUT2D eigenvalue weighted by Crippen LogP contribution is 2.21. The summed E-state index contributed by atoms with van der Waals surface area (Å²) in [6.07, 6.45) is 1.93. The lowest BCUT2D eigenvalue weighted by Gasteiger charge is -2.24. The first-order valence-corrected chi connectivity index (χ1v) is 9.15. The van der Waals surface area contributed by atoms with Crippen LogP contribution in [0.15, 0.2) is 24.3 Å². The molecule has 2 amide bonds. The summed E-state index contributed by atoms with van der Waals surface area (Å²) in [6, 6.07) is 6.90. The summed E-state index contributed by atoms with van der Waals surface area (Å²) >= 11 is 5.88. The molecule has 0 saturated carbocycles. The highest BCUT2D eigenvalue weighted by molar-refractivity contribution is 6.30. The van der Waals surface area contributed by atoms with Crippen LogP contribution in [0.1, 0.15) is 29.6 Å². The maximum Gasteiger partial charge on any atom is 0.253 e. The average Bonchev–Trinajstić information content (AvgIpc) is 2.98. The third-order valence-corrected chi connectivity index (χ3v) is 5.08. The van der Waals surface area contributed by atoms with Crippen molar-refractivity contribution in [3.63, 3.8) is 0 Å². The molecule has 2 atom stereocenters. The number of nitrogens with zero attached hydrogens (tertiary/aromatic N) is 2. The molecule has 3 rings (SSSR count). The number of hydrogen-bond donors (Lipinski definition) is 1. The smallest absolute Gasteiger partial charge is 0.253 e. The zero-order chi connectivity index (χ0) is 17.8. The van der Waals surface area contributed by atoms with Crippen molar-refractivity contribution in [1.82, 2.24) is 9.80 Å². The molecule has 0 bridgehead atoms. The van der Waals surface area contributed by atoms with Gasteiger partial charge < -0.3 is 20.3 Å². The van der Waals surface area contributed by atoms with Crippen LogP contribution in [0.3, 0.4) is 0 Å². The van der Waals surface area contributed by atoms with Gasteiger partial charge in [-0.2, -0.15) is 0 Å². The molecule has 2 N–H and O–H groups in total. The van der Waals surface area contributed by atoms with Crippen molar-refractivity contribution in [1.29, 1.82) is 0 Å². The summed E-state index contributed by atoms with van der Waals surface area (Å²) in [6.45, 7) is 2.80. The lowest BCUT2D eigenvalue weighted by molar-refractivity contribution is -0.142. The minimum absolute atomic E-state index is 0.0103. The normalized spacial score (nSPS) is 24.2. The quantitative estimate of drug-likeness (QED) is 0.881. The second-order valence-corrected chi connectivity index (χ2v) is 6.97. The van der Waals surface area contributed by atoms with Gasteiger partial charge in [0.15, 0.2) is 0 Å². The van der Waals surface area contributed by atoms with E-state index >= 15 is 0 Å². The van der Waals surface area contributed by atoms with Gasteiger partial charge in [-0.15, -0.1) is 0 Å². The summed E-state index contributed by atoms with van der Waals surface area (Å²) in [5.41, 5.74) is 6.23. The number of hydrogen-bond acceptors (Lipinski definition) is 4. The second-order valence-electron chi connectivity index (χ2n) is 6.54. The van der Waals surface area contributed by atoms with Crippen molar-refractivity contribution in [2.75, 3.05) is 32.7 Å². The molecule has 0 unspecified atom stereocenters. The largest absolute Gasteiger partial charge is 0.364 e. The molecule has 0 spiro atoms. The Hall–Kier alpha value is -1.63. The van der Waals surface area contributed by atoms with Gasteiger partial charge in [0.1, 0.15) is 6.10 Å². The number of benzene rings is 1. The van der Waals surface area contributed by atoms with Crippen LogP contribution in [0.5, 0.6) is 0 Å². The van der Waals surface area contributed by atoms with E-state index in [2.05, 4.69) is 0 Å². The van der Waals surface area contributed by atoms with Crippen LogP contribution < -0.4 is 5.73 Å². The van der Waals surface area contributed by atoms with Gasteiger partial charge in [0.05, 0.1) is 6.10 Å². The summed E-state index contributed by atoms with van der Waals surface area (Å²) in [5.74, 6) is 0.00280. The van der Waals surface area contributed by atoms with Crippen molar-refractivity contribution >= 4 is 23.4 Å². The van der Waals surface area contributed by atoms with Crippen molar-refractivity contribution in [3.8, 4) is 0 Å². The first kappa shape index (κ1) is 18.2. The van der Waals surface area contributed by atoms with Crippen LogP contribution in [0.25, 0.3) is 0 Å². The molecule has 2 fully saturated rings. The predicted molar refractivity (Wildman–Crippen MR) is 95.5 cm³/mol. The molecule has 6 nitrogen and oxygen atoms in total. The molecule has 0 aliphatic carbocycles. The number of ether oxygens (including phenoxy) is 1. The summed E-state index contributed by atoms with van der Waals surface area (Å²) < 4.78 is 5.71. The molecule has 7 heteroatoms. The van der Waals surface area contributed by atoms with Crippen LogP contribution in [-0.4, -0.2) is 66.5 Å². The lowest BCUT2D eigenvalue weighted by Crippen LogP contribution is -2.42. The van der Waals surface area contributed by atoms with Crippen molar-refractivity contribution in [2.45, 2.75) is 31.5 Å². The molecule has 2 saturated heterocycles. The molecule has 2 aliphatic heterocycles. The Labute approximate surface area is 152 Å². The van der Waals surface area contributed by atoms with Gasteiger partial charge in [-0.25, -0.2) is 0 Å². The number of amides is 2. The van der Waals surface area contributed by atoms with E-state index < -0.39 is 0 Å². The minimum Gasteiger partial charge on any atom is -0.364 e. The molecule has 1 aromatic rings. The van der Waals surface area contributed by atoms with E-state index in [0.29, 0.717) is 43.3 Å². The monoisotopic (exact) mass is 365 g/mol. The van der Waals surface area contributed by atoms with E-state index in [-0.39, 0.29) is 24.0 Å². The Morgan fingerprint density at radius 1 is 1.08 bits per heavy atom. The number of carbonyl (C=O) groups excluding carboxylic acids is 2. The topological polar surface area (TPSA) is 75.9 Å². The number of carbonyl (C=O) groups is 2. The average molecular weight is 366 g/mol. The Balaban J connectivity index is 1.57. The molecule has 2 heterocycles. The van der Waals surface area contributed by atoms with Gasteiger partial charge in [-0.05, 0) is 43.5 Å². The van der Waals surface area contributed by atoms with Crippen LogP contribution in [0.2, 0.25) is 5.02 Å². The second kappa shape index (κ2) is 8.17. The number of rotatable bonds is 3. The maximum atomic E-state index is 12.6. The first-order valence-electron chi connectivity index (χ1n) is 8.77. The molecular formula is C18H24ClN3O3. The lowest BCUT2D eigenvalue weighted by atomic mass is 10.2. The SMILES string of the molecule is NC[C@H]1CC[C@@H](C(=O)N2CCCN(C(=O)c3ccc(Cl)cc3)CC2)O1. The number of nitrogens with two attached hydrogens (primary N) is 1. The Bertz CT molecular complexity index is 622. The van der Waals surface area contributed by atoms with Gasteiger partial charge in [-0.1, -0.05) is 11.6 Å². The van der Waals surface area contributed by atoms with Gasteiger partial charge >= 0.3 is 0 Å². The van der Waals surface area contributed by atoms with E-state index in [1.165, 1.54) is 0 Å². The summed E-state index contributed by atoms with van der Waals surface area (Å²) in [4.78, 5) is 28.9. The molecular weight excluding hydrogens is 342 g/mol. The molecule has 25 heavy (non-hydrogen) atoms.